The molecule has 0 saturated heterocycles. The van der Waals surface area contributed by atoms with Crippen molar-refractivity contribution in [3.05, 3.63) is 218 Å². The average molecular weight is 737 g/mol. The van der Waals surface area contributed by atoms with E-state index < -0.39 is 0 Å². The molecule has 2 heteroatoms. The third kappa shape index (κ3) is 4.99. The van der Waals surface area contributed by atoms with E-state index in [9.17, 15) is 0 Å². The highest BCUT2D eigenvalue weighted by Gasteiger charge is 2.21. The zero-order chi connectivity index (χ0) is 38.2. The number of hydrogen-bond acceptors (Lipinski definition) is 0. The first kappa shape index (κ1) is 32.6. The third-order valence-corrected chi connectivity index (χ3v) is 12.1. The highest BCUT2D eigenvalue weighted by molar-refractivity contribution is 6.25. The Labute approximate surface area is 336 Å². The first-order valence-electron chi connectivity index (χ1n) is 20.0. The SMILES string of the molecule is c1ccc(-c2ccc(-c3ccccc3-n3c4cc5c(cc4c4c6ccccc6ccc43)c3ccccc3n5-c3ccc(-c4cccc5ccccc45)cc3)cc2)cc1. The molecule has 0 bridgehead atoms. The summed E-state index contributed by atoms with van der Waals surface area (Å²) in [7, 11) is 0. The zero-order valence-corrected chi connectivity index (χ0v) is 31.7. The smallest absolute Gasteiger partial charge is 0.0562 e. The molecule has 0 unspecified atom stereocenters. The van der Waals surface area contributed by atoms with Gasteiger partial charge in [-0.25, -0.2) is 0 Å². The van der Waals surface area contributed by atoms with E-state index in [1.807, 2.05) is 0 Å². The van der Waals surface area contributed by atoms with Crippen LogP contribution in [0, 0.1) is 0 Å². The van der Waals surface area contributed by atoms with E-state index in [0.717, 1.165) is 11.4 Å². The largest absolute Gasteiger partial charge is 0.309 e. The fourth-order valence-corrected chi connectivity index (χ4v) is 9.44. The van der Waals surface area contributed by atoms with Gasteiger partial charge in [0.25, 0.3) is 0 Å². The lowest BCUT2D eigenvalue weighted by Gasteiger charge is -2.15. The molecular weight excluding hydrogens is 701 g/mol. The summed E-state index contributed by atoms with van der Waals surface area (Å²) < 4.78 is 4.95. The molecule has 0 radical (unpaired) electrons. The first-order chi connectivity index (χ1) is 28.8. The Morgan fingerprint density at radius 2 is 0.828 bits per heavy atom. The normalized spacial score (nSPS) is 11.8. The summed E-state index contributed by atoms with van der Waals surface area (Å²) in [5.41, 5.74) is 14.3. The van der Waals surface area contributed by atoms with Crippen molar-refractivity contribution >= 4 is 65.2 Å². The zero-order valence-electron chi connectivity index (χ0n) is 31.7. The van der Waals surface area contributed by atoms with E-state index in [-0.39, 0.29) is 0 Å². The first-order valence-corrected chi connectivity index (χ1v) is 20.0. The van der Waals surface area contributed by atoms with Gasteiger partial charge in [-0.2, -0.15) is 0 Å². The number of benzene rings is 10. The van der Waals surface area contributed by atoms with E-state index in [1.54, 1.807) is 0 Å². The van der Waals surface area contributed by atoms with E-state index >= 15 is 0 Å². The molecule has 0 N–H and O–H groups in total. The van der Waals surface area contributed by atoms with Crippen molar-refractivity contribution in [3.8, 4) is 44.8 Å². The van der Waals surface area contributed by atoms with Crippen molar-refractivity contribution in [2.45, 2.75) is 0 Å². The summed E-state index contributed by atoms with van der Waals surface area (Å²) in [6.45, 7) is 0. The molecule has 0 atom stereocenters. The molecular formula is C56H36N2. The Balaban J connectivity index is 1.11. The highest BCUT2D eigenvalue weighted by atomic mass is 15.0. The van der Waals surface area contributed by atoms with Crippen LogP contribution < -0.4 is 0 Å². The van der Waals surface area contributed by atoms with Gasteiger partial charge in [0, 0.05) is 32.8 Å². The van der Waals surface area contributed by atoms with Crippen molar-refractivity contribution in [3.63, 3.8) is 0 Å². The second-order valence-electron chi connectivity index (χ2n) is 15.3. The van der Waals surface area contributed by atoms with Gasteiger partial charge in [0.05, 0.1) is 27.8 Å². The molecule has 0 fully saturated rings. The van der Waals surface area contributed by atoms with E-state index in [0.29, 0.717) is 0 Å². The Hall–Kier alpha value is -7.68. The topological polar surface area (TPSA) is 9.86 Å². The minimum absolute atomic E-state index is 1.14. The maximum atomic E-state index is 2.50. The summed E-state index contributed by atoms with van der Waals surface area (Å²) >= 11 is 0. The summed E-state index contributed by atoms with van der Waals surface area (Å²) in [6, 6.07) is 80.0. The number of hydrogen-bond donors (Lipinski definition) is 0. The van der Waals surface area contributed by atoms with Crippen molar-refractivity contribution in [2.24, 2.45) is 0 Å². The van der Waals surface area contributed by atoms with Gasteiger partial charge in [0.2, 0.25) is 0 Å². The quantitative estimate of drug-likeness (QED) is 0.167. The molecule has 270 valence electrons. The van der Waals surface area contributed by atoms with Gasteiger partial charge in [-0.3, -0.25) is 0 Å². The fourth-order valence-electron chi connectivity index (χ4n) is 9.44. The van der Waals surface area contributed by atoms with Crippen LogP contribution in [0.3, 0.4) is 0 Å². The molecule has 58 heavy (non-hydrogen) atoms. The van der Waals surface area contributed by atoms with Gasteiger partial charge >= 0.3 is 0 Å². The molecule has 0 aliphatic heterocycles. The maximum Gasteiger partial charge on any atom is 0.0562 e. The van der Waals surface area contributed by atoms with Crippen LogP contribution in [-0.2, 0) is 0 Å². The Morgan fingerprint density at radius 1 is 0.259 bits per heavy atom. The lowest BCUT2D eigenvalue weighted by atomic mass is 9.98. The summed E-state index contributed by atoms with van der Waals surface area (Å²) in [5.74, 6) is 0. The van der Waals surface area contributed by atoms with E-state index in [4.69, 9.17) is 0 Å². The Kier molecular flexibility index (Phi) is 7.26. The average Bonchev–Trinajstić information content (AvgIpc) is 3.80. The van der Waals surface area contributed by atoms with Crippen LogP contribution in [0.1, 0.15) is 0 Å². The second kappa shape index (κ2) is 12.9. The summed E-state index contributed by atoms with van der Waals surface area (Å²) in [5, 5.41) is 10.1. The van der Waals surface area contributed by atoms with Crippen molar-refractivity contribution in [1.29, 1.82) is 0 Å². The molecule has 2 nitrogen and oxygen atoms in total. The fraction of sp³-hybridized carbons (Fsp3) is 0. The molecule has 0 aliphatic carbocycles. The molecule has 0 aliphatic rings. The standard InChI is InChI=1S/C56H36N2/c1-2-13-37(14-3-1)38-25-27-42(28-26-38)46-19-8-10-23-51(46)58-53-34-31-40-16-5-7-20-47(40)56(53)50-35-49-48-21-9-11-24-52(48)57(54(49)36-55(50)58)43-32-29-41(30-33-43)45-22-12-17-39-15-4-6-18-44(39)45/h1-36H. The van der Waals surface area contributed by atoms with Crippen LogP contribution in [-0.4, -0.2) is 9.13 Å². The minimum atomic E-state index is 1.14. The maximum absolute atomic E-state index is 2.50. The van der Waals surface area contributed by atoms with Crippen LogP contribution >= 0.6 is 0 Å². The lowest BCUT2D eigenvalue weighted by molar-refractivity contribution is 1.17. The predicted molar refractivity (Wildman–Crippen MR) is 246 cm³/mol. The molecule has 2 heterocycles. The Bertz CT molecular complexity index is 3530. The molecule has 0 saturated carbocycles. The van der Waals surface area contributed by atoms with Crippen LogP contribution in [0.5, 0.6) is 0 Å². The third-order valence-electron chi connectivity index (χ3n) is 12.1. The predicted octanol–water partition coefficient (Wildman–Crippen LogP) is 15.2. The molecule has 10 aromatic carbocycles. The van der Waals surface area contributed by atoms with Crippen LogP contribution in [0.25, 0.3) is 110 Å². The number of rotatable bonds is 5. The monoisotopic (exact) mass is 736 g/mol. The van der Waals surface area contributed by atoms with Gasteiger partial charge < -0.3 is 9.13 Å². The number of fused-ring (bicyclic) bond motifs is 9. The molecule has 0 spiro atoms. The van der Waals surface area contributed by atoms with Gasteiger partial charge in [-0.1, -0.05) is 176 Å². The summed E-state index contributed by atoms with van der Waals surface area (Å²) in [4.78, 5) is 0. The molecule has 12 aromatic rings. The van der Waals surface area contributed by atoms with Gasteiger partial charge in [-0.15, -0.1) is 0 Å². The molecule has 2 aromatic heterocycles. The van der Waals surface area contributed by atoms with Crippen LogP contribution in [0.2, 0.25) is 0 Å². The van der Waals surface area contributed by atoms with Crippen molar-refractivity contribution in [2.75, 3.05) is 0 Å². The Morgan fingerprint density at radius 3 is 1.66 bits per heavy atom. The van der Waals surface area contributed by atoms with E-state index in [1.165, 1.54) is 98.5 Å². The van der Waals surface area contributed by atoms with Crippen LogP contribution in [0.15, 0.2) is 218 Å². The summed E-state index contributed by atoms with van der Waals surface area (Å²) in [6.07, 6.45) is 0. The minimum Gasteiger partial charge on any atom is -0.309 e. The second-order valence-corrected chi connectivity index (χ2v) is 15.3. The number of aromatic nitrogens is 2. The number of nitrogens with zero attached hydrogens (tertiary/aromatic N) is 2. The van der Waals surface area contributed by atoms with Crippen molar-refractivity contribution < 1.29 is 0 Å². The van der Waals surface area contributed by atoms with Crippen molar-refractivity contribution in [1.82, 2.24) is 9.13 Å². The van der Waals surface area contributed by atoms with E-state index in [2.05, 4.69) is 228 Å². The van der Waals surface area contributed by atoms with Gasteiger partial charge in [-0.05, 0) is 91.8 Å². The van der Waals surface area contributed by atoms with Gasteiger partial charge in [0.15, 0.2) is 0 Å². The molecule has 0 amide bonds. The van der Waals surface area contributed by atoms with Crippen LogP contribution in [0.4, 0.5) is 0 Å². The number of para-hydroxylation sites is 2. The highest BCUT2D eigenvalue weighted by Crippen LogP contribution is 2.43. The molecule has 12 rings (SSSR count). The lowest BCUT2D eigenvalue weighted by Crippen LogP contribution is -1.98. The van der Waals surface area contributed by atoms with Gasteiger partial charge in [0.1, 0.15) is 0 Å².